The minimum atomic E-state index is -5.20. The number of benzene rings is 4. The van der Waals surface area contributed by atoms with E-state index in [0.717, 1.165) is 0 Å². The summed E-state index contributed by atoms with van der Waals surface area (Å²) < 4.78 is 38.0. The van der Waals surface area contributed by atoms with Gasteiger partial charge in [0.25, 0.3) is 0 Å². The molecule has 182 valence electrons. The molecule has 2 aliphatic heterocycles. The summed E-state index contributed by atoms with van der Waals surface area (Å²) in [7, 11) is -10.4. The topological polar surface area (TPSA) is 134 Å². The lowest BCUT2D eigenvalue weighted by atomic mass is 9.81. The van der Waals surface area contributed by atoms with Gasteiger partial charge in [0.05, 0.1) is 10.6 Å². The predicted molar refractivity (Wildman–Crippen MR) is 133 cm³/mol. The maximum atomic E-state index is 13.0. The van der Waals surface area contributed by atoms with Crippen LogP contribution in [0, 0.1) is 0 Å². The molecule has 4 N–H and O–H groups in total. The molecule has 4 aromatic rings. The van der Waals surface area contributed by atoms with Gasteiger partial charge in [0.1, 0.15) is 23.0 Å². The van der Waals surface area contributed by atoms with E-state index >= 15 is 0 Å². The van der Waals surface area contributed by atoms with E-state index in [9.17, 15) is 28.7 Å². The van der Waals surface area contributed by atoms with Crippen LogP contribution in [0.2, 0.25) is 0 Å². The highest BCUT2D eigenvalue weighted by atomic mass is 31.2. The molecule has 0 radical (unpaired) electrons. The second-order valence-electron chi connectivity index (χ2n) is 8.73. The molecule has 0 amide bonds. The molecule has 8 nitrogen and oxygen atoms in total. The van der Waals surface area contributed by atoms with Gasteiger partial charge in [-0.15, -0.1) is 0 Å². The lowest BCUT2D eigenvalue weighted by Gasteiger charge is -2.33. The fraction of sp³-hybridized carbons (Fsp3) is 0.0769. The van der Waals surface area contributed by atoms with Crippen molar-refractivity contribution in [1.29, 1.82) is 0 Å². The molecule has 0 saturated carbocycles. The SMILES string of the molecule is O=P(O)(O)c1c(C2c3ccccc3Oc3ccccc32)cc2c(c1P(=O)(O)O)Cc1ccccc1O2. The van der Waals surface area contributed by atoms with Gasteiger partial charge in [0, 0.05) is 29.0 Å². The van der Waals surface area contributed by atoms with Gasteiger partial charge >= 0.3 is 15.2 Å². The average molecular weight is 522 g/mol. The molecule has 0 unspecified atom stereocenters. The third-order valence-corrected chi connectivity index (χ3v) is 8.82. The standard InChI is InChI=1S/C26H20O8P2/c27-35(28,29)25-18-13-15-7-1-4-10-20(15)33-23(18)14-19(26(25)36(30,31)32)24-16-8-2-5-11-21(16)34-22-12-6-3-9-17(22)24/h1-12,14,24H,13H2,(H2,27,28,29)(H2,30,31,32). The molecule has 0 aliphatic carbocycles. The average Bonchev–Trinajstić information content (AvgIpc) is 2.83. The summed E-state index contributed by atoms with van der Waals surface area (Å²) in [5, 5.41) is -1.35. The summed E-state index contributed by atoms with van der Waals surface area (Å²) in [6.45, 7) is 0. The summed E-state index contributed by atoms with van der Waals surface area (Å²) in [5.41, 5.74) is 2.00. The van der Waals surface area contributed by atoms with E-state index in [1.807, 2.05) is 0 Å². The molecule has 2 heterocycles. The first-order chi connectivity index (χ1) is 17.1. The van der Waals surface area contributed by atoms with Crippen LogP contribution in [0.5, 0.6) is 23.0 Å². The summed E-state index contributed by atoms with van der Waals surface area (Å²) in [5.74, 6) is 0.870. The minimum absolute atomic E-state index is 0.0557. The molecule has 0 spiro atoms. The van der Waals surface area contributed by atoms with Crippen molar-refractivity contribution in [1.82, 2.24) is 0 Å². The van der Waals surface area contributed by atoms with Crippen LogP contribution in [0.4, 0.5) is 0 Å². The van der Waals surface area contributed by atoms with Crippen LogP contribution in [0.15, 0.2) is 78.9 Å². The molecular weight excluding hydrogens is 502 g/mol. The van der Waals surface area contributed by atoms with E-state index in [0.29, 0.717) is 33.9 Å². The Morgan fingerprint density at radius 3 is 1.69 bits per heavy atom. The zero-order valence-corrected chi connectivity index (χ0v) is 20.4. The van der Waals surface area contributed by atoms with Gasteiger partial charge in [-0.2, -0.15) is 0 Å². The first-order valence-corrected chi connectivity index (χ1v) is 14.3. The summed E-state index contributed by atoms with van der Waals surface area (Å²) in [6.07, 6.45) is 0.0557. The van der Waals surface area contributed by atoms with Crippen molar-refractivity contribution < 1.29 is 38.2 Å². The van der Waals surface area contributed by atoms with Gasteiger partial charge < -0.3 is 29.0 Å². The molecule has 6 rings (SSSR count). The number of rotatable bonds is 3. The van der Waals surface area contributed by atoms with E-state index in [1.165, 1.54) is 6.07 Å². The fourth-order valence-corrected chi connectivity index (χ4v) is 7.77. The zero-order chi connectivity index (χ0) is 25.2. The smallest absolute Gasteiger partial charge is 0.357 e. The lowest BCUT2D eigenvalue weighted by molar-refractivity contribution is 0.380. The Morgan fingerprint density at radius 2 is 1.11 bits per heavy atom. The second-order valence-corrected chi connectivity index (χ2v) is 11.8. The summed E-state index contributed by atoms with van der Waals surface area (Å²) in [6, 6.07) is 22.7. The largest absolute Gasteiger partial charge is 0.457 e. The fourth-order valence-electron chi connectivity index (χ4n) is 5.10. The Kier molecular flexibility index (Phi) is 5.25. The van der Waals surface area contributed by atoms with E-state index in [-0.39, 0.29) is 23.3 Å². The predicted octanol–water partition coefficient (Wildman–Crippen LogP) is 4.28. The lowest BCUT2D eigenvalue weighted by Crippen LogP contribution is -2.35. The van der Waals surface area contributed by atoms with Crippen molar-refractivity contribution in [3.63, 3.8) is 0 Å². The van der Waals surface area contributed by atoms with Gasteiger partial charge in [-0.1, -0.05) is 54.6 Å². The first-order valence-electron chi connectivity index (χ1n) is 11.1. The maximum Gasteiger partial charge on any atom is 0.357 e. The number of hydrogen-bond donors (Lipinski definition) is 4. The van der Waals surface area contributed by atoms with E-state index in [2.05, 4.69) is 0 Å². The highest BCUT2D eigenvalue weighted by Gasteiger charge is 2.42. The normalized spacial score (nSPS) is 14.6. The minimum Gasteiger partial charge on any atom is -0.457 e. The van der Waals surface area contributed by atoms with Crippen LogP contribution in [0.3, 0.4) is 0 Å². The van der Waals surface area contributed by atoms with E-state index < -0.39 is 31.7 Å². The Hall–Kier alpha value is -3.22. The Balaban J connectivity index is 1.73. The highest BCUT2D eigenvalue weighted by Crippen LogP contribution is 2.53. The van der Waals surface area contributed by atoms with Crippen LogP contribution in [0.25, 0.3) is 0 Å². The Labute approximate surface area is 206 Å². The second kappa shape index (κ2) is 8.15. The van der Waals surface area contributed by atoms with Crippen LogP contribution < -0.4 is 20.1 Å². The highest BCUT2D eigenvalue weighted by molar-refractivity contribution is 7.67. The van der Waals surface area contributed by atoms with Crippen LogP contribution in [0.1, 0.15) is 33.7 Å². The molecule has 0 bridgehead atoms. The van der Waals surface area contributed by atoms with Crippen molar-refractivity contribution in [3.8, 4) is 23.0 Å². The van der Waals surface area contributed by atoms with Crippen LogP contribution in [-0.2, 0) is 15.6 Å². The van der Waals surface area contributed by atoms with Crippen molar-refractivity contribution in [2.45, 2.75) is 12.3 Å². The Bertz CT molecular complexity index is 1590. The maximum absolute atomic E-state index is 13.0. The number of ether oxygens (including phenoxy) is 2. The zero-order valence-electron chi connectivity index (χ0n) is 18.6. The monoisotopic (exact) mass is 522 g/mol. The van der Waals surface area contributed by atoms with E-state index in [1.54, 1.807) is 72.8 Å². The molecule has 0 atom stereocenters. The van der Waals surface area contributed by atoms with Crippen molar-refractivity contribution in [2.24, 2.45) is 0 Å². The Morgan fingerprint density at radius 1 is 0.611 bits per heavy atom. The van der Waals surface area contributed by atoms with Crippen LogP contribution >= 0.6 is 15.2 Å². The van der Waals surface area contributed by atoms with Crippen molar-refractivity contribution in [2.75, 3.05) is 0 Å². The van der Waals surface area contributed by atoms with Gasteiger partial charge in [-0.25, -0.2) is 0 Å². The van der Waals surface area contributed by atoms with Crippen molar-refractivity contribution >= 4 is 25.8 Å². The molecular formula is C26H20O8P2. The van der Waals surface area contributed by atoms with Crippen LogP contribution in [-0.4, -0.2) is 19.6 Å². The summed E-state index contributed by atoms with van der Waals surface area (Å²) in [4.78, 5) is 41.9. The summed E-state index contributed by atoms with van der Waals surface area (Å²) >= 11 is 0. The van der Waals surface area contributed by atoms with Gasteiger partial charge in [-0.3, -0.25) is 9.13 Å². The quantitative estimate of drug-likeness (QED) is 0.253. The molecule has 0 fully saturated rings. The third-order valence-electron chi connectivity index (χ3n) is 6.50. The molecule has 10 heteroatoms. The molecule has 36 heavy (non-hydrogen) atoms. The molecule has 0 saturated heterocycles. The van der Waals surface area contributed by atoms with E-state index in [4.69, 9.17) is 9.47 Å². The third kappa shape index (κ3) is 3.71. The van der Waals surface area contributed by atoms with Crippen molar-refractivity contribution in [3.05, 3.63) is 107 Å². The first kappa shape index (κ1) is 23.2. The number of hydrogen-bond acceptors (Lipinski definition) is 4. The molecule has 4 aromatic carbocycles. The molecule has 2 aliphatic rings. The molecule has 0 aromatic heterocycles. The van der Waals surface area contributed by atoms with Gasteiger partial charge in [0.2, 0.25) is 0 Å². The number of para-hydroxylation sites is 3. The van der Waals surface area contributed by atoms with Gasteiger partial charge in [-0.05, 0) is 35.4 Å². The van der Waals surface area contributed by atoms with Gasteiger partial charge in [0.15, 0.2) is 0 Å². The number of fused-ring (bicyclic) bond motifs is 4.